The SMILES string of the molecule is C=CCNc1ccc(NS(=O)(=O)c2ccc(CC)s2)cc1. The van der Waals surface area contributed by atoms with Gasteiger partial charge in [-0.15, -0.1) is 17.9 Å². The third-order valence-corrected chi connectivity index (χ3v) is 5.94. The van der Waals surface area contributed by atoms with Crippen molar-refractivity contribution < 1.29 is 8.42 Å². The van der Waals surface area contributed by atoms with Crippen molar-refractivity contribution >= 4 is 32.7 Å². The van der Waals surface area contributed by atoms with Crippen molar-refractivity contribution in [3.8, 4) is 0 Å². The van der Waals surface area contributed by atoms with Crippen molar-refractivity contribution in [3.63, 3.8) is 0 Å². The largest absolute Gasteiger partial charge is 0.382 e. The Morgan fingerprint density at radius 1 is 1.14 bits per heavy atom. The van der Waals surface area contributed by atoms with E-state index in [1.165, 1.54) is 11.3 Å². The highest BCUT2D eigenvalue weighted by molar-refractivity contribution is 7.94. The summed E-state index contributed by atoms with van der Waals surface area (Å²) in [7, 11) is -3.50. The number of hydrogen-bond donors (Lipinski definition) is 2. The molecule has 0 bridgehead atoms. The molecule has 0 aliphatic heterocycles. The lowest BCUT2D eigenvalue weighted by atomic mass is 10.3. The molecule has 1 aromatic carbocycles. The summed E-state index contributed by atoms with van der Waals surface area (Å²) in [6, 6.07) is 10.6. The van der Waals surface area contributed by atoms with E-state index < -0.39 is 10.0 Å². The average Bonchev–Trinajstić information content (AvgIpc) is 2.96. The van der Waals surface area contributed by atoms with Gasteiger partial charge in [0, 0.05) is 22.8 Å². The number of aryl methyl sites for hydroxylation is 1. The molecule has 0 aliphatic rings. The van der Waals surface area contributed by atoms with E-state index in [0.29, 0.717) is 16.4 Å². The minimum atomic E-state index is -3.50. The number of rotatable bonds is 7. The number of sulfonamides is 1. The summed E-state index contributed by atoms with van der Waals surface area (Å²) >= 11 is 1.30. The van der Waals surface area contributed by atoms with Crippen LogP contribution < -0.4 is 10.0 Å². The highest BCUT2D eigenvalue weighted by Gasteiger charge is 2.16. The van der Waals surface area contributed by atoms with Crippen molar-refractivity contribution in [2.45, 2.75) is 17.6 Å². The Morgan fingerprint density at radius 2 is 1.81 bits per heavy atom. The van der Waals surface area contributed by atoms with Gasteiger partial charge >= 0.3 is 0 Å². The topological polar surface area (TPSA) is 58.2 Å². The Labute approximate surface area is 129 Å². The van der Waals surface area contributed by atoms with Gasteiger partial charge in [-0.2, -0.15) is 0 Å². The fraction of sp³-hybridized carbons (Fsp3) is 0.200. The normalized spacial score (nSPS) is 11.1. The zero-order valence-electron chi connectivity index (χ0n) is 11.8. The molecule has 2 rings (SSSR count). The van der Waals surface area contributed by atoms with Crippen LogP contribution in [0.1, 0.15) is 11.8 Å². The Morgan fingerprint density at radius 3 is 2.38 bits per heavy atom. The van der Waals surface area contributed by atoms with Crippen LogP contribution in [-0.4, -0.2) is 15.0 Å². The summed E-state index contributed by atoms with van der Waals surface area (Å²) in [6.07, 6.45) is 2.60. The first-order valence-corrected chi connectivity index (χ1v) is 8.91. The van der Waals surface area contributed by atoms with Gasteiger partial charge in [0.15, 0.2) is 0 Å². The average molecular weight is 322 g/mol. The summed E-state index contributed by atoms with van der Waals surface area (Å²) in [6.45, 7) is 6.30. The summed E-state index contributed by atoms with van der Waals surface area (Å²) < 4.78 is 27.4. The summed E-state index contributed by atoms with van der Waals surface area (Å²) in [5, 5.41) is 3.13. The first-order chi connectivity index (χ1) is 10.0. The molecule has 0 fully saturated rings. The highest BCUT2D eigenvalue weighted by Crippen LogP contribution is 2.24. The van der Waals surface area contributed by atoms with Crippen LogP contribution >= 0.6 is 11.3 Å². The van der Waals surface area contributed by atoms with Gasteiger partial charge in [-0.25, -0.2) is 8.42 Å². The first kappa shape index (κ1) is 15.6. The van der Waals surface area contributed by atoms with Gasteiger partial charge in [-0.1, -0.05) is 13.0 Å². The van der Waals surface area contributed by atoms with Crippen molar-refractivity contribution in [2.75, 3.05) is 16.6 Å². The quantitative estimate of drug-likeness (QED) is 0.764. The van der Waals surface area contributed by atoms with Gasteiger partial charge < -0.3 is 5.32 Å². The molecule has 0 saturated carbocycles. The second-order valence-corrected chi connectivity index (χ2v) is 7.50. The maximum absolute atomic E-state index is 12.3. The summed E-state index contributed by atoms with van der Waals surface area (Å²) in [4.78, 5) is 1.05. The predicted molar refractivity (Wildman–Crippen MR) is 89.6 cm³/mol. The fourth-order valence-corrected chi connectivity index (χ4v) is 4.10. The van der Waals surface area contributed by atoms with Crippen molar-refractivity contribution in [1.82, 2.24) is 0 Å². The van der Waals surface area contributed by atoms with Gasteiger partial charge in [-0.05, 0) is 42.8 Å². The number of thiophene rings is 1. The van der Waals surface area contributed by atoms with Gasteiger partial charge in [0.25, 0.3) is 10.0 Å². The predicted octanol–water partition coefficient (Wildman–Crippen LogP) is 3.71. The molecule has 112 valence electrons. The molecule has 2 N–H and O–H groups in total. The zero-order chi connectivity index (χ0) is 15.3. The monoisotopic (exact) mass is 322 g/mol. The molecule has 2 aromatic rings. The van der Waals surface area contributed by atoms with E-state index in [0.717, 1.165) is 17.0 Å². The van der Waals surface area contributed by atoms with Gasteiger partial charge in [-0.3, -0.25) is 4.72 Å². The molecule has 21 heavy (non-hydrogen) atoms. The van der Waals surface area contributed by atoms with Gasteiger partial charge in [0.1, 0.15) is 4.21 Å². The smallest absolute Gasteiger partial charge is 0.271 e. The van der Waals surface area contributed by atoms with Crippen LogP contribution in [0.4, 0.5) is 11.4 Å². The zero-order valence-corrected chi connectivity index (χ0v) is 13.4. The molecule has 0 radical (unpaired) electrons. The van der Waals surface area contributed by atoms with Crippen molar-refractivity contribution in [2.24, 2.45) is 0 Å². The fourth-order valence-electron chi connectivity index (χ4n) is 1.74. The van der Waals surface area contributed by atoms with E-state index in [1.54, 1.807) is 24.3 Å². The Kier molecular flexibility index (Phi) is 5.03. The second kappa shape index (κ2) is 6.78. The van der Waals surface area contributed by atoms with E-state index in [4.69, 9.17) is 0 Å². The lowest BCUT2D eigenvalue weighted by Crippen LogP contribution is -2.11. The number of hydrogen-bond acceptors (Lipinski definition) is 4. The highest BCUT2D eigenvalue weighted by atomic mass is 32.2. The molecule has 6 heteroatoms. The Hall–Kier alpha value is -1.79. The van der Waals surface area contributed by atoms with Crippen molar-refractivity contribution in [3.05, 3.63) is 53.9 Å². The van der Waals surface area contributed by atoms with Crippen LogP contribution in [0.15, 0.2) is 53.3 Å². The molecular formula is C15H18N2O2S2. The van der Waals surface area contributed by atoms with E-state index in [-0.39, 0.29) is 0 Å². The molecule has 1 aromatic heterocycles. The third-order valence-electron chi connectivity index (χ3n) is 2.84. The van der Waals surface area contributed by atoms with E-state index >= 15 is 0 Å². The van der Waals surface area contributed by atoms with Crippen LogP contribution in [-0.2, 0) is 16.4 Å². The number of benzene rings is 1. The van der Waals surface area contributed by atoms with Crippen LogP contribution in [0, 0.1) is 0 Å². The van der Waals surface area contributed by atoms with Crippen LogP contribution in [0.2, 0.25) is 0 Å². The van der Waals surface area contributed by atoms with E-state index in [1.807, 2.05) is 25.1 Å². The van der Waals surface area contributed by atoms with Crippen LogP contribution in [0.25, 0.3) is 0 Å². The number of nitrogens with one attached hydrogen (secondary N) is 2. The molecule has 0 saturated heterocycles. The maximum Gasteiger partial charge on any atom is 0.271 e. The molecule has 0 atom stereocenters. The van der Waals surface area contributed by atoms with E-state index in [9.17, 15) is 8.42 Å². The second-order valence-electron chi connectivity index (χ2n) is 4.43. The van der Waals surface area contributed by atoms with Crippen LogP contribution in [0.5, 0.6) is 0 Å². The lowest BCUT2D eigenvalue weighted by Gasteiger charge is -2.08. The maximum atomic E-state index is 12.3. The molecule has 0 unspecified atom stereocenters. The lowest BCUT2D eigenvalue weighted by molar-refractivity contribution is 0.603. The van der Waals surface area contributed by atoms with E-state index in [2.05, 4.69) is 16.6 Å². The Balaban J connectivity index is 2.11. The van der Waals surface area contributed by atoms with Gasteiger partial charge in [0.05, 0.1) is 0 Å². The molecule has 4 nitrogen and oxygen atoms in total. The molecular weight excluding hydrogens is 304 g/mol. The molecule has 1 heterocycles. The summed E-state index contributed by atoms with van der Waals surface area (Å²) in [5.74, 6) is 0. The van der Waals surface area contributed by atoms with Crippen molar-refractivity contribution in [1.29, 1.82) is 0 Å². The minimum Gasteiger partial charge on any atom is -0.382 e. The number of anilines is 2. The third kappa shape index (κ3) is 4.09. The Bertz CT molecular complexity index is 704. The summed E-state index contributed by atoms with van der Waals surface area (Å²) in [5.41, 5.74) is 1.47. The minimum absolute atomic E-state index is 0.341. The van der Waals surface area contributed by atoms with Crippen LogP contribution in [0.3, 0.4) is 0 Å². The first-order valence-electron chi connectivity index (χ1n) is 6.61. The standard InChI is InChI=1S/C15H18N2O2S2/c1-3-11-16-12-5-7-13(8-6-12)17-21(18,19)15-10-9-14(4-2)20-15/h3,5-10,16-17H,1,4,11H2,2H3. The van der Waals surface area contributed by atoms with Gasteiger partial charge in [0.2, 0.25) is 0 Å². The molecule has 0 spiro atoms. The molecule has 0 aliphatic carbocycles. The molecule has 0 amide bonds.